The van der Waals surface area contributed by atoms with E-state index in [0.29, 0.717) is 22.6 Å². The Hall–Kier alpha value is -2.01. The molecule has 0 radical (unpaired) electrons. The van der Waals surface area contributed by atoms with Crippen LogP contribution in [-0.2, 0) is 0 Å². The summed E-state index contributed by atoms with van der Waals surface area (Å²) in [6, 6.07) is 8.54. The molecule has 19 heavy (non-hydrogen) atoms. The fourth-order valence-corrected chi connectivity index (χ4v) is 1.82. The van der Waals surface area contributed by atoms with Crippen LogP contribution in [0.5, 0.6) is 0 Å². The van der Waals surface area contributed by atoms with Crippen molar-refractivity contribution in [2.24, 2.45) is 5.73 Å². The van der Waals surface area contributed by atoms with Crippen LogP contribution in [0.4, 0.5) is 15.9 Å². The molecule has 0 saturated carbocycles. The van der Waals surface area contributed by atoms with Crippen LogP contribution in [0, 0.1) is 19.7 Å². The Morgan fingerprint density at radius 3 is 2.63 bits per heavy atom. The van der Waals surface area contributed by atoms with Crippen molar-refractivity contribution >= 4 is 28.7 Å². The number of rotatable bonds is 3. The highest BCUT2D eigenvalue weighted by Crippen LogP contribution is 2.21. The van der Waals surface area contributed by atoms with Crippen molar-refractivity contribution in [1.29, 1.82) is 0 Å². The van der Waals surface area contributed by atoms with Gasteiger partial charge in [-0.3, -0.25) is 0 Å². The number of nitrogens with one attached hydrogen (secondary N) is 1. The number of hydrogen-bond acceptors (Lipinski definition) is 3. The van der Waals surface area contributed by atoms with Gasteiger partial charge in [-0.1, -0.05) is 18.3 Å². The SMILES string of the molecule is Cc1ccc(C(N)=S)c(Nc2ccc(C)c(F)c2)n1. The van der Waals surface area contributed by atoms with Crippen LogP contribution in [0.1, 0.15) is 16.8 Å². The summed E-state index contributed by atoms with van der Waals surface area (Å²) < 4.78 is 13.5. The van der Waals surface area contributed by atoms with Crippen LogP contribution in [0.3, 0.4) is 0 Å². The number of halogens is 1. The molecule has 3 N–H and O–H groups in total. The number of pyridine rings is 1. The quantitative estimate of drug-likeness (QED) is 0.845. The molecular formula is C14H14FN3S. The van der Waals surface area contributed by atoms with Gasteiger partial charge in [-0.15, -0.1) is 0 Å². The van der Waals surface area contributed by atoms with Crippen molar-refractivity contribution in [2.45, 2.75) is 13.8 Å². The Morgan fingerprint density at radius 2 is 2.00 bits per heavy atom. The second-order valence-electron chi connectivity index (χ2n) is 4.30. The molecule has 0 saturated heterocycles. The molecule has 1 aromatic carbocycles. The molecule has 98 valence electrons. The number of nitrogens with two attached hydrogens (primary N) is 1. The molecule has 0 bridgehead atoms. The van der Waals surface area contributed by atoms with Crippen molar-refractivity contribution < 1.29 is 4.39 Å². The Bertz CT molecular complexity index is 641. The summed E-state index contributed by atoms with van der Waals surface area (Å²) >= 11 is 4.98. The van der Waals surface area contributed by atoms with Gasteiger partial charge in [-0.05, 0) is 43.7 Å². The van der Waals surface area contributed by atoms with Crippen LogP contribution in [0.15, 0.2) is 30.3 Å². The average molecular weight is 275 g/mol. The van der Waals surface area contributed by atoms with E-state index < -0.39 is 0 Å². The Balaban J connectivity index is 2.39. The highest BCUT2D eigenvalue weighted by molar-refractivity contribution is 7.80. The molecule has 0 aliphatic rings. The molecule has 1 aromatic heterocycles. The summed E-state index contributed by atoms with van der Waals surface area (Å²) in [5, 5.41) is 3.04. The molecule has 2 aromatic rings. The van der Waals surface area contributed by atoms with E-state index in [0.717, 1.165) is 5.69 Å². The zero-order chi connectivity index (χ0) is 14.0. The number of thiocarbonyl (C=S) groups is 1. The number of hydrogen-bond donors (Lipinski definition) is 2. The number of anilines is 2. The van der Waals surface area contributed by atoms with E-state index in [2.05, 4.69) is 10.3 Å². The number of aromatic nitrogens is 1. The van der Waals surface area contributed by atoms with E-state index in [-0.39, 0.29) is 10.8 Å². The molecule has 0 aliphatic heterocycles. The van der Waals surface area contributed by atoms with Gasteiger partial charge in [0.25, 0.3) is 0 Å². The lowest BCUT2D eigenvalue weighted by atomic mass is 10.2. The minimum atomic E-state index is -0.269. The van der Waals surface area contributed by atoms with E-state index >= 15 is 0 Å². The third kappa shape index (κ3) is 3.06. The van der Waals surface area contributed by atoms with Crippen molar-refractivity contribution in [3.05, 3.63) is 53.0 Å². The highest BCUT2D eigenvalue weighted by Gasteiger charge is 2.08. The lowest BCUT2D eigenvalue weighted by molar-refractivity contribution is 0.619. The molecule has 1 heterocycles. The lowest BCUT2D eigenvalue weighted by Crippen LogP contribution is -2.13. The molecule has 0 atom stereocenters. The van der Waals surface area contributed by atoms with Crippen molar-refractivity contribution in [1.82, 2.24) is 4.98 Å². The van der Waals surface area contributed by atoms with E-state index in [1.807, 2.05) is 13.0 Å². The van der Waals surface area contributed by atoms with Gasteiger partial charge in [-0.2, -0.15) is 0 Å². The fraction of sp³-hybridized carbons (Fsp3) is 0.143. The first-order valence-electron chi connectivity index (χ1n) is 5.78. The number of nitrogens with zero attached hydrogens (tertiary/aromatic N) is 1. The Labute approximate surface area is 116 Å². The van der Waals surface area contributed by atoms with E-state index in [1.165, 1.54) is 6.07 Å². The first-order valence-corrected chi connectivity index (χ1v) is 6.19. The minimum absolute atomic E-state index is 0.252. The molecular weight excluding hydrogens is 261 g/mol. The highest BCUT2D eigenvalue weighted by atomic mass is 32.1. The molecule has 0 unspecified atom stereocenters. The first kappa shape index (κ1) is 13.4. The summed E-state index contributed by atoms with van der Waals surface area (Å²) in [7, 11) is 0. The zero-order valence-electron chi connectivity index (χ0n) is 10.7. The third-order valence-corrected chi connectivity index (χ3v) is 2.95. The predicted octanol–water partition coefficient (Wildman–Crippen LogP) is 3.22. The van der Waals surface area contributed by atoms with Gasteiger partial charge in [0.05, 0.1) is 5.56 Å². The summed E-state index contributed by atoms with van der Waals surface area (Å²) in [4.78, 5) is 4.59. The maximum absolute atomic E-state index is 13.5. The van der Waals surface area contributed by atoms with E-state index in [1.54, 1.807) is 25.1 Å². The van der Waals surface area contributed by atoms with Crippen molar-refractivity contribution in [3.8, 4) is 0 Å². The number of aryl methyl sites for hydroxylation is 2. The maximum Gasteiger partial charge on any atom is 0.140 e. The topological polar surface area (TPSA) is 50.9 Å². The molecule has 5 heteroatoms. The van der Waals surface area contributed by atoms with Gasteiger partial charge in [0.15, 0.2) is 0 Å². The monoisotopic (exact) mass is 275 g/mol. The summed E-state index contributed by atoms with van der Waals surface area (Å²) in [5.41, 5.74) is 8.32. The first-order chi connectivity index (χ1) is 8.97. The summed E-state index contributed by atoms with van der Waals surface area (Å²) in [6.45, 7) is 3.58. The number of benzene rings is 1. The van der Waals surface area contributed by atoms with Gasteiger partial charge in [-0.25, -0.2) is 9.37 Å². The lowest BCUT2D eigenvalue weighted by Gasteiger charge is -2.11. The molecule has 2 rings (SSSR count). The van der Waals surface area contributed by atoms with Gasteiger partial charge in [0, 0.05) is 11.4 Å². The Kier molecular flexibility index (Phi) is 3.76. The average Bonchev–Trinajstić information content (AvgIpc) is 2.33. The van der Waals surface area contributed by atoms with Crippen LogP contribution >= 0.6 is 12.2 Å². The van der Waals surface area contributed by atoms with Crippen molar-refractivity contribution in [2.75, 3.05) is 5.32 Å². The van der Waals surface area contributed by atoms with Crippen LogP contribution in [-0.4, -0.2) is 9.97 Å². The smallest absolute Gasteiger partial charge is 0.140 e. The van der Waals surface area contributed by atoms with Gasteiger partial charge < -0.3 is 11.1 Å². The molecule has 0 fully saturated rings. The Morgan fingerprint density at radius 1 is 1.26 bits per heavy atom. The summed E-state index contributed by atoms with van der Waals surface area (Å²) in [6.07, 6.45) is 0. The minimum Gasteiger partial charge on any atom is -0.389 e. The van der Waals surface area contributed by atoms with E-state index in [9.17, 15) is 4.39 Å². The third-order valence-electron chi connectivity index (χ3n) is 2.73. The van der Waals surface area contributed by atoms with Gasteiger partial charge in [0.1, 0.15) is 16.6 Å². The largest absolute Gasteiger partial charge is 0.389 e. The van der Waals surface area contributed by atoms with Crippen LogP contribution in [0.25, 0.3) is 0 Å². The normalized spacial score (nSPS) is 10.3. The fourth-order valence-electron chi connectivity index (χ4n) is 1.66. The van der Waals surface area contributed by atoms with Crippen LogP contribution < -0.4 is 11.1 Å². The standard InChI is InChI=1S/C14H14FN3S/c1-8-3-5-10(7-12(8)15)18-14-11(13(16)19)6-4-9(2)17-14/h3-7H,1-2H3,(H2,16,19)(H,17,18). The maximum atomic E-state index is 13.5. The van der Waals surface area contributed by atoms with Gasteiger partial charge in [0.2, 0.25) is 0 Å². The predicted molar refractivity (Wildman–Crippen MR) is 79.3 cm³/mol. The van der Waals surface area contributed by atoms with E-state index in [4.69, 9.17) is 18.0 Å². The molecule has 0 spiro atoms. The zero-order valence-corrected chi connectivity index (χ0v) is 11.5. The van der Waals surface area contributed by atoms with Crippen LogP contribution in [0.2, 0.25) is 0 Å². The van der Waals surface area contributed by atoms with Gasteiger partial charge >= 0.3 is 0 Å². The summed E-state index contributed by atoms with van der Waals surface area (Å²) in [5.74, 6) is 0.269. The second-order valence-corrected chi connectivity index (χ2v) is 4.74. The van der Waals surface area contributed by atoms with Crippen molar-refractivity contribution in [3.63, 3.8) is 0 Å². The molecule has 3 nitrogen and oxygen atoms in total. The molecule has 0 aliphatic carbocycles. The molecule has 0 amide bonds. The second kappa shape index (κ2) is 5.32.